The Morgan fingerprint density at radius 1 is 0.750 bits per heavy atom. The van der Waals surface area contributed by atoms with Crippen molar-refractivity contribution in [2.45, 2.75) is 53.9 Å². The number of methoxy groups -OCH3 is 1. The fourth-order valence-corrected chi connectivity index (χ4v) is 5.84. The number of fused-ring (bicyclic) bond motifs is 2. The average Bonchev–Trinajstić information content (AvgIpc) is 3.88. The molecule has 0 aliphatic carbocycles. The maximum absolute atomic E-state index is 13.5. The minimum atomic E-state index is -0.667. The summed E-state index contributed by atoms with van der Waals surface area (Å²) >= 11 is 0. The molecule has 0 atom stereocenters. The lowest BCUT2D eigenvalue weighted by Crippen LogP contribution is -2.20. The molecule has 52 heavy (non-hydrogen) atoms. The van der Waals surface area contributed by atoms with E-state index in [2.05, 4.69) is 35.8 Å². The number of nitrogens with zero attached hydrogens (tertiary/aromatic N) is 9. The Kier molecular flexibility index (Phi) is 9.54. The van der Waals surface area contributed by atoms with E-state index in [-0.39, 0.29) is 36.1 Å². The smallest absolute Gasteiger partial charge is 0.276 e. The zero-order valence-electron chi connectivity index (χ0n) is 29.2. The maximum Gasteiger partial charge on any atom is 0.276 e. The van der Waals surface area contributed by atoms with Gasteiger partial charge in [0.2, 0.25) is 23.7 Å². The van der Waals surface area contributed by atoms with Gasteiger partial charge in [0.15, 0.2) is 5.65 Å². The van der Waals surface area contributed by atoms with E-state index >= 15 is 0 Å². The highest BCUT2D eigenvalue weighted by Gasteiger charge is 2.22. The van der Waals surface area contributed by atoms with Gasteiger partial charge in [-0.1, -0.05) is 12.2 Å². The Balaban J connectivity index is 1.36. The molecule has 18 heteroatoms. The number of nitrogens with two attached hydrogens (primary N) is 2. The van der Waals surface area contributed by atoms with Crippen LogP contribution in [0.4, 0.5) is 11.9 Å². The van der Waals surface area contributed by atoms with Crippen molar-refractivity contribution in [2.75, 3.05) is 17.7 Å². The Labute approximate surface area is 296 Å². The average molecular weight is 708 g/mol. The number of allylic oxidation sites excluding steroid dienone is 2. The molecule has 18 nitrogen and oxygen atoms in total. The van der Waals surface area contributed by atoms with Crippen molar-refractivity contribution >= 4 is 57.7 Å². The number of aryl methyl sites for hydroxylation is 4. The summed E-state index contributed by atoms with van der Waals surface area (Å²) in [4.78, 5) is 64.5. The quantitative estimate of drug-likeness (QED) is 0.128. The van der Waals surface area contributed by atoms with Crippen molar-refractivity contribution in [1.29, 1.82) is 0 Å². The van der Waals surface area contributed by atoms with Crippen LogP contribution in [0.2, 0.25) is 0 Å². The second kappa shape index (κ2) is 14.2. The van der Waals surface area contributed by atoms with Crippen LogP contribution in [0.5, 0.6) is 5.75 Å². The number of aromatic nitrogens is 9. The predicted octanol–water partition coefficient (Wildman–Crippen LogP) is 2.80. The number of anilines is 2. The third-order valence-electron chi connectivity index (χ3n) is 8.24. The Morgan fingerprint density at radius 2 is 1.27 bits per heavy atom. The van der Waals surface area contributed by atoms with Crippen molar-refractivity contribution in [3.63, 3.8) is 0 Å². The molecule has 0 aliphatic rings. The van der Waals surface area contributed by atoms with Gasteiger partial charge in [0.1, 0.15) is 28.2 Å². The molecule has 0 fully saturated rings. The fourth-order valence-electron chi connectivity index (χ4n) is 5.84. The topological polar surface area (TPSA) is 238 Å². The SMILES string of the molecule is CCn1nc(C)cc1C(=O)Nc1nc2cc(C(N)=O)cnc2n1CC=CCn1c(NC(=O)c2cc(C)nn2CC)nc2cc(C(N)=O)cc(OC)c21. The number of hydrogen-bond donors (Lipinski definition) is 4. The van der Waals surface area contributed by atoms with E-state index < -0.39 is 23.6 Å². The second-order valence-corrected chi connectivity index (χ2v) is 11.8. The lowest BCUT2D eigenvalue weighted by atomic mass is 10.1. The van der Waals surface area contributed by atoms with Crippen molar-refractivity contribution in [3.8, 4) is 5.75 Å². The number of carbonyl (C=O) groups is 4. The molecule has 0 saturated carbocycles. The van der Waals surface area contributed by atoms with Crippen molar-refractivity contribution in [1.82, 2.24) is 43.6 Å². The molecule has 4 amide bonds. The van der Waals surface area contributed by atoms with E-state index in [1.807, 2.05) is 26.0 Å². The van der Waals surface area contributed by atoms with Crippen LogP contribution >= 0.6 is 0 Å². The fraction of sp³-hybridized carbons (Fsp3) is 0.265. The molecule has 6 rings (SSSR count). The van der Waals surface area contributed by atoms with E-state index in [0.717, 1.165) is 0 Å². The van der Waals surface area contributed by atoms with Crippen LogP contribution in [-0.2, 0) is 26.2 Å². The van der Waals surface area contributed by atoms with Crippen LogP contribution in [0.25, 0.3) is 22.2 Å². The van der Waals surface area contributed by atoms with E-state index in [1.165, 1.54) is 31.5 Å². The molecule has 0 bridgehead atoms. The van der Waals surface area contributed by atoms with Gasteiger partial charge in [-0.2, -0.15) is 10.2 Å². The lowest BCUT2D eigenvalue weighted by Gasteiger charge is -2.11. The van der Waals surface area contributed by atoms with E-state index in [9.17, 15) is 19.2 Å². The van der Waals surface area contributed by atoms with E-state index in [1.54, 1.807) is 44.5 Å². The molecule has 6 aromatic rings. The number of ether oxygens (including phenoxy) is 1. The first-order valence-electron chi connectivity index (χ1n) is 16.3. The molecular formula is C34H37N13O5. The van der Waals surface area contributed by atoms with Crippen LogP contribution in [0.1, 0.15) is 66.9 Å². The summed E-state index contributed by atoms with van der Waals surface area (Å²) in [6, 6.07) is 7.91. The zero-order chi connectivity index (χ0) is 37.3. The number of primary amides is 2. The molecule has 0 saturated heterocycles. The van der Waals surface area contributed by atoms with Gasteiger partial charge in [-0.3, -0.25) is 43.7 Å². The first-order chi connectivity index (χ1) is 24.9. The normalized spacial score (nSPS) is 11.5. The monoisotopic (exact) mass is 707 g/mol. The summed E-state index contributed by atoms with van der Waals surface area (Å²) in [6.45, 7) is 8.71. The largest absolute Gasteiger partial charge is 0.494 e. The molecule has 0 radical (unpaired) electrons. The first-order valence-corrected chi connectivity index (χ1v) is 16.3. The van der Waals surface area contributed by atoms with Gasteiger partial charge < -0.3 is 20.8 Å². The van der Waals surface area contributed by atoms with Gasteiger partial charge in [-0.25, -0.2) is 15.0 Å². The Bertz CT molecular complexity index is 2410. The molecule has 0 spiro atoms. The number of hydrogen-bond acceptors (Lipinski definition) is 10. The third kappa shape index (κ3) is 6.68. The number of pyridine rings is 1. The highest BCUT2D eigenvalue weighted by molar-refractivity contribution is 6.05. The van der Waals surface area contributed by atoms with Crippen LogP contribution in [0.15, 0.2) is 48.7 Å². The van der Waals surface area contributed by atoms with Crippen molar-refractivity contribution in [3.05, 3.63) is 82.6 Å². The van der Waals surface area contributed by atoms with Gasteiger partial charge in [0, 0.05) is 37.9 Å². The number of imidazole rings is 2. The van der Waals surface area contributed by atoms with E-state index in [4.69, 9.17) is 16.2 Å². The molecule has 5 heterocycles. The second-order valence-electron chi connectivity index (χ2n) is 11.8. The van der Waals surface area contributed by atoms with Gasteiger partial charge >= 0.3 is 0 Å². The van der Waals surface area contributed by atoms with Gasteiger partial charge in [0.05, 0.1) is 29.6 Å². The lowest BCUT2D eigenvalue weighted by molar-refractivity contribution is 0.0991. The standard InChI is InChI=1S/C34H37N13O5/c1-6-46-24(12-18(3)42-46)31(50)40-33-38-22-14-20(28(35)48)16-26(52-5)27(22)44(33)10-8-9-11-45-30-23(15-21(17-37-30)29(36)49)39-34(45)41-32(51)25-13-19(4)43-47(25)7-2/h8-9,12-17H,6-7,10-11H2,1-5H3,(H2,35,48)(H2,36,49)(H,38,40,50)(H,39,41,51). The summed E-state index contributed by atoms with van der Waals surface area (Å²) in [5, 5.41) is 14.5. The summed E-state index contributed by atoms with van der Waals surface area (Å²) in [5.41, 5.74) is 15.1. The Morgan fingerprint density at radius 3 is 1.81 bits per heavy atom. The van der Waals surface area contributed by atoms with Crippen LogP contribution < -0.4 is 26.8 Å². The summed E-state index contributed by atoms with van der Waals surface area (Å²) in [5.74, 6) is -1.48. The molecule has 268 valence electrons. The van der Waals surface area contributed by atoms with Crippen LogP contribution in [0.3, 0.4) is 0 Å². The van der Waals surface area contributed by atoms with Crippen LogP contribution in [-0.4, -0.2) is 74.4 Å². The predicted molar refractivity (Wildman–Crippen MR) is 191 cm³/mol. The van der Waals surface area contributed by atoms with Crippen LogP contribution in [0, 0.1) is 13.8 Å². The highest BCUT2D eigenvalue weighted by atomic mass is 16.5. The minimum absolute atomic E-state index is 0.164. The molecular weight excluding hydrogens is 670 g/mol. The minimum Gasteiger partial charge on any atom is -0.494 e. The van der Waals surface area contributed by atoms with Gasteiger partial charge in [0.25, 0.3) is 11.8 Å². The summed E-state index contributed by atoms with van der Waals surface area (Å²) in [7, 11) is 1.46. The third-order valence-corrected chi connectivity index (χ3v) is 8.24. The number of rotatable bonds is 13. The summed E-state index contributed by atoms with van der Waals surface area (Å²) < 4.78 is 12.2. The van der Waals surface area contributed by atoms with Crippen molar-refractivity contribution in [2.24, 2.45) is 11.5 Å². The number of amides is 4. The highest BCUT2D eigenvalue weighted by Crippen LogP contribution is 2.31. The number of nitrogens with one attached hydrogen (secondary N) is 2. The van der Waals surface area contributed by atoms with Gasteiger partial charge in [-0.05, 0) is 58.0 Å². The Hall–Kier alpha value is -6.85. The maximum atomic E-state index is 13.5. The first kappa shape index (κ1) is 35.0. The molecule has 0 unspecified atom stereocenters. The molecule has 5 aromatic heterocycles. The molecule has 1 aromatic carbocycles. The number of carbonyl (C=O) groups excluding carboxylic acids is 4. The number of benzene rings is 1. The van der Waals surface area contributed by atoms with Gasteiger partial charge in [-0.15, -0.1) is 0 Å². The van der Waals surface area contributed by atoms with E-state index in [0.29, 0.717) is 63.8 Å². The zero-order valence-corrected chi connectivity index (χ0v) is 29.2. The molecule has 6 N–H and O–H groups in total. The summed E-state index contributed by atoms with van der Waals surface area (Å²) in [6.07, 6.45) is 4.99. The molecule has 0 aliphatic heterocycles. The van der Waals surface area contributed by atoms with Crippen molar-refractivity contribution < 1.29 is 23.9 Å².